The molecule has 3 amide bonds. The number of urea groups is 1. The van der Waals surface area contributed by atoms with Gasteiger partial charge in [0.1, 0.15) is 0 Å². The Hall–Kier alpha value is -1.14. The van der Waals surface area contributed by atoms with E-state index in [-0.39, 0.29) is 5.91 Å². The van der Waals surface area contributed by atoms with Crippen molar-refractivity contribution < 1.29 is 9.59 Å². The van der Waals surface area contributed by atoms with Gasteiger partial charge in [0.15, 0.2) is 0 Å². The Morgan fingerprint density at radius 1 is 1.32 bits per heavy atom. The second kappa shape index (κ2) is 8.87. The zero-order valence-electron chi connectivity index (χ0n) is 12.0. The molecule has 1 saturated heterocycles. The van der Waals surface area contributed by atoms with E-state index < -0.39 is 6.03 Å². The summed E-state index contributed by atoms with van der Waals surface area (Å²) < 4.78 is 0. The van der Waals surface area contributed by atoms with Crippen molar-refractivity contribution in [3.63, 3.8) is 0 Å². The van der Waals surface area contributed by atoms with E-state index in [0.717, 1.165) is 45.4 Å². The minimum atomic E-state index is -0.441. The maximum atomic E-state index is 11.7. The maximum Gasteiger partial charge on any atom is 0.321 e. The molecule has 1 aliphatic rings. The third kappa shape index (κ3) is 6.54. The SMILES string of the molecule is CCCN(CC(=O)NC(=O)NC)CC1CCNCC1. The molecule has 3 N–H and O–H groups in total. The molecule has 0 bridgehead atoms. The number of hydrogen-bond acceptors (Lipinski definition) is 4. The minimum Gasteiger partial charge on any atom is -0.341 e. The van der Waals surface area contributed by atoms with Crippen LogP contribution in [-0.4, -0.2) is 56.6 Å². The van der Waals surface area contributed by atoms with Gasteiger partial charge in [-0.3, -0.25) is 15.0 Å². The zero-order valence-corrected chi connectivity index (χ0v) is 12.0. The Labute approximate surface area is 115 Å². The fourth-order valence-electron chi connectivity index (χ4n) is 2.41. The summed E-state index contributed by atoms with van der Waals surface area (Å²) in [5, 5.41) is 8.04. The Balaban J connectivity index is 2.37. The van der Waals surface area contributed by atoms with Gasteiger partial charge in [0, 0.05) is 13.6 Å². The monoisotopic (exact) mass is 270 g/mol. The van der Waals surface area contributed by atoms with Crippen LogP contribution in [0, 0.1) is 5.92 Å². The Morgan fingerprint density at radius 3 is 2.58 bits per heavy atom. The number of carbonyl (C=O) groups is 2. The third-order valence-corrected chi connectivity index (χ3v) is 3.36. The van der Waals surface area contributed by atoms with Crippen molar-refractivity contribution in [1.29, 1.82) is 0 Å². The summed E-state index contributed by atoms with van der Waals surface area (Å²) in [5.74, 6) is 0.419. The summed E-state index contributed by atoms with van der Waals surface area (Å²) in [4.78, 5) is 24.9. The second-order valence-corrected chi connectivity index (χ2v) is 5.06. The van der Waals surface area contributed by atoms with Gasteiger partial charge in [0.05, 0.1) is 6.54 Å². The highest BCUT2D eigenvalue weighted by Gasteiger charge is 2.18. The fourth-order valence-corrected chi connectivity index (χ4v) is 2.41. The van der Waals surface area contributed by atoms with E-state index in [1.54, 1.807) is 0 Å². The van der Waals surface area contributed by atoms with Gasteiger partial charge in [-0.25, -0.2) is 4.79 Å². The van der Waals surface area contributed by atoms with E-state index in [2.05, 4.69) is 27.8 Å². The Morgan fingerprint density at radius 2 is 2.00 bits per heavy atom. The van der Waals surface area contributed by atoms with Crippen molar-refractivity contribution in [2.45, 2.75) is 26.2 Å². The number of nitrogens with one attached hydrogen (secondary N) is 3. The molecule has 19 heavy (non-hydrogen) atoms. The molecular weight excluding hydrogens is 244 g/mol. The number of hydrogen-bond donors (Lipinski definition) is 3. The van der Waals surface area contributed by atoms with E-state index in [9.17, 15) is 9.59 Å². The van der Waals surface area contributed by atoms with Crippen molar-refractivity contribution in [2.75, 3.05) is 39.8 Å². The predicted molar refractivity (Wildman–Crippen MR) is 74.9 cm³/mol. The van der Waals surface area contributed by atoms with E-state index >= 15 is 0 Å². The minimum absolute atomic E-state index is 0.235. The van der Waals surface area contributed by atoms with Crippen molar-refractivity contribution in [1.82, 2.24) is 20.9 Å². The van der Waals surface area contributed by atoms with Gasteiger partial charge < -0.3 is 10.6 Å². The van der Waals surface area contributed by atoms with Crippen LogP contribution in [0.3, 0.4) is 0 Å². The first-order valence-electron chi connectivity index (χ1n) is 7.10. The number of imide groups is 1. The van der Waals surface area contributed by atoms with Gasteiger partial charge in [-0.1, -0.05) is 6.92 Å². The van der Waals surface area contributed by atoms with Gasteiger partial charge in [-0.15, -0.1) is 0 Å². The average Bonchev–Trinajstić information content (AvgIpc) is 2.39. The van der Waals surface area contributed by atoms with E-state index in [0.29, 0.717) is 12.5 Å². The van der Waals surface area contributed by atoms with E-state index in [1.807, 2.05) is 0 Å². The molecular formula is C13H26N4O2. The molecule has 0 atom stereocenters. The van der Waals surface area contributed by atoms with Crippen LogP contribution in [0.25, 0.3) is 0 Å². The number of amides is 3. The summed E-state index contributed by atoms with van der Waals surface area (Å²) in [7, 11) is 1.50. The van der Waals surface area contributed by atoms with Crippen LogP contribution in [0.4, 0.5) is 4.79 Å². The molecule has 0 spiro atoms. The predicted octanol–water partition coefficient (Wildman–Crippen LogP) is 0.154. The first-order chi connectivity index (χ1) is 9.15. The van der Waals surface area contributed by atoms with E-state index in [1.165, 1.54) is 7.05 Å². The largest absolute Gasteiger partial charge is 0.341 e. The first kappa shape index (κ1) is 15.9. The van der Waals surface area contributed by atoms with Crippen molar-refractivity contribution in [3.05, 3.63) is 0 Å². The summed E-state index contributed by atoms with van der Waals surface area (Å²) in [6, 6.07) is -0.441. The number of carbonyl (C=O) groups excluding carboxylic acids is 2. The van der Waals surface area contributed by atoms with Crippen LogP contribution in [0.15, 0.2) is 0 Å². The molecule has 1 fully saturated rings. The summed E-state index contributed by atoms with van der Waals surface area (Å²) >= 11 is 0. The highest BCUT2D eigenvalue weighted by atomic mass is 16.2. The second-order valence-electron chi connectivity index (χ2n) is 5.06. The number of rotatable bonds is 6. The molecule has 1 rings (SSSR count). The smallest absolute Gasteiger partial charge is 0.321 e. The molecule has 6 heteroatoms. The maximum absolute atomic E-state index is 11.7. The van der Waals surface area contributed by atoms with Crippen LogP contribution >= 0.6 is 0 Å². The molecule has 1 aliphatic heterocycles. The molecule has 0 aliphatic carbocycles. The Kier molecular flexibility index (Phi) is 7.43. The molecule has 0 aromatic rings. The molecule has 0 aromatic carbocycles. The first-order valence-corrected chi connectivity index (χ1v) is 7.10. The topological polar surface area (TPSA) is 73.5 Å². The normalized spacial score (nSPS) is 16.4. The molecule has 1 heterocycles. The van der Waals surface area contributed by atoms with Crippen LogP contribution in [0.1, 0.15) is 26.2 Å². The van der Waals surface area contributed by atoms with Crippen LogP contribution < -0.4 is 16.0 Å². The lowest BCUT2D eigenvalue weighted by Crippen LogP contribution is -2.45. The molecule has 0 radical (unpaired) electrons. The highest BCUT2D eigenvalue weighted by Crippen LogP contribution is 2.13. The molecule has 0 saturated carbocycles. The molecule has 110 valence electrons. The lowest BCUT2D eigenvalue weighted by molar-refractivity contribution is -0.121. The summed E-state index contributed by atoms with van der Waals surface area (Å²) in [6.45, 7) is 6.36. The summed E-state index contributed by atoms with van der Waals surface area (Å²) in [6.07, 6.45) is 3.34. The van der Waals surface area contributed by atoms with Gasteiger partial charge in [0.2, 0.25) is 5.91 Å². The number of piperidine rings is 1. The van der Waals surface area contributed by atoms with Gasteiger partial charge in [0.25, 0.3) is 0 Å². The van der Waals surface area contributed by atoms with E-state index in [4.69, 9.17) is 0 Å². The van der Waals surface area contributed by atoms with Gasteiger partial charge in [-0.05, 0) is 44.8 Å². The standard InChI is InChI=1S/C13H26N4O2/c1-3-8-17(9-11-4-6-15-7-5-11)10-12(18)16-13(19)14-2/h11,15H,3-10H2,1-2H3,(H2,14,16,18,19). The Bertz CT molecular complexity index is 290. The van der Waals surface area contributed by atoms with Gasteiger partial charge >= 0.3 is 6.03 Å². The average molecular weight is 270 g/mol. The molecule has 0 unspecified atom stereocenters. The fraction of sp³-hybridized carbons (Fsp3) is 0.846. The van der Waals surface area contributed by atoms with Gasteiger partial charge in [-0.2, -0.15) is 0 Å². The van der Waals surface area contributed by atoms with Crippen LogP contribution in [-0.2, 0) is 4.79 Å². The molecule has 0 aromatic heterocycles. The van der Waals surface area contributed by atoms with Crippen molar-refractivity contribution in [2.24, 2.45) is 5.92 Å². The molecule has 6 nitrogen and oxygen atoms in total. The highest BCUT2D eigenvalue weighted by molar-refractivity contribution is 5.95. The van der Waals surface area contributed by atoms with Crippen LogP contribution in [0.2, 0.25) is 0 Å². The zero-order chi connectivity index (χ0) is 14.1. The summed E-state index contributed by atoms with van der Waals surface area (Å²) in [5.41, 5.74) is 0. The third-order valence-electron chi connectivity index (χ3n) is 3.36. The lowest BCUT2D eigenvalue weighted by atomic mass is 9.97. The van der Waals surface area contributed by atoms with Crippen LogP contribution in [0.5, 0.6) is 0 Å². The lowest BCUT2D eigenvalue weighted by Gasteiger charge is -2.29. The van der Waals surface area contributed by atoms with Crippen molar-refractivity contribution >= 4 is 11.9 Å². The van der Waals surface area contributed by atoms with Crippen molar-refractivity contribution in [3.8, 4) is 0 Å². The number of nitrogens with zero attached hydrogens (tertiary/aromatic N) is 1. The quantitative estimate of drug-likeness (QED) is 0.642.